The summed E-state index contributed by atoms with van der Waals surface area (Å²) in [6, 6.07) is 11.0. The van der Waals surface area contributed by atoms with E-state index >= 15 is 0 Å². The third-order valence-electron chi connectivity index (χ3n) is 5.56. The van der Waals surface area contributed by atoms with Crippen molar-refractivity contribution >= 4 is 11.7 Å². The molecule has 138 valence electrons. The molecular formula is C20H21N5O2. The minimum atomic E-state index is -0.0984. The molecule has 0 saturated carbocycles. The predicted octanol–water partition coefficient (Wildman–Crippen LogP) is 1.42. The maximum Gasteiger partial charge on any atom is 0.251 e. The molecule has 4 rings (SSSR count). The number of anilines is 1. The highest BCUT2D eigenvalue weighted by Crippen LogP contribution is 2.41. The molecule has 2 aromatic rings. The highest BCUT2D eigenvalue weighted by molar-refractivity contribution is 5.72. The van der Waals surface area contributed by atoms with Crippen LogP contribution in [0.2, 0.25) is 0 Å². The summed E-state index contributed by atoms with van der Waals surface area (Å²) in [5, 5.41) is 12.1. The summed E-state index contributed by atoms with van der Waals surface area (Å²) in [5.41, 5.74) is 1.58. The van der Waals surface area contributed by atoms with Gasteiger partial charge in [-0.15, -0.1) is 0 Å². The molecule has 0 unspecified atom stereocenters. The van der Waals surface area contributed by atoms with Crippen LogP contribution in [0.4, 0.5) is 5.82 Å². The van der Waals surface area contributed by atoms with Crippen molar-refractivity contribution in [2.24, 2.45) is 5.92 Å². The molecule has 2 aromatic heterocycles. The van der Waals surface area contributed by atoms with Crippen LogP contribution in [0.1, 0.15) is 36.6 Å². The standard InChI is InChI=1S/C20H21N5O2/c1-13(26)23-10-18-16-8-15(17-3-2-4-20(27)25(17)18)11-24(12-16)19-7-14(9-21)5-6-22-19/h2-7,15-16,18H,8,10-12H2,1H3,(H,23,26)/t15-,16+,18+/m1/s1. The molecule has 0 spiro atoms. The molecule has 2 aliphatic heterocycles. The van der Waals surface area contributed by atoms with E-state index in [0.717, 1.165) is 31.0 Å². The Morgan fingerprint density at radius 1 is 1.37 bits per heavy atom. The number of carbonyl (C=O) groups is 1. The molecule has 27 heavy (non-hydrogen) atoms. The van der Waals surface area contributed by atoms with E-state index in [0.29, 0.717) is 12.1 Å². The normalized spacial score (nSPS) is 23.3. The summed E-state index contributed by atoms with van der Waals surface area (Å²) >= 11 is 0. The SMILES string of the molecule is CC(=O)NC[C@H]1[C@H]2C[C@H](CN(c3cc(C#N)ccn3)C2)c2cccc(=O)n21. The number of pyridine rings is 2. The summed E-state index contributed by atoms with van der Waals surface area (Å²) < 4.78 is 1.87. The van der Waals surface area contributed by atoms with Crippen molar-refractivity contribution in [1.29, 1.82) is 5.26 Å². The van der Waals surface area contributed by atoms with E-state index in [9.17, 15) is 14.9 Å². The van der Waals surface area contributed by atoms with E-state index in [1.54, 1.807) is 24.4 Å². The fraction of sp³-hybridized carbons (Fsp3) is 0.400. The van der Waals surface area contributed by atoms with Crippen LogP contribution in [0.15, 0.2) is 41.3 Å². The Morgan fingerprint density at radius 2 is 2.22 bits per heavy atom. The number of nitrogens with zero attached hydrogens (tertiary/aromatic N) is 4. The van der Waals surface area contributed by atoms with Crippen LogP contribution in [0, 0.1) is 17.2 Å². The molecular weight excluding hydrogens is 342 g/mol. The first-order chi connectivity index (χ1) is 13.1. The lowest BCUT2D eigenvalue weighted by Crippen LogP contribution is -2.52. The molecule has 4 heterocycles. The van der Waals surface area contributed by atoms with Crippen LogP contribution in [-0.4, -0.2) is 35.1 Å². The van der Waals surface area contributed by atoms with Crippen LogP contribution in [0.25, 0.3) is 0 Å². The smallest absolute Gasteiger partial charge is 0.251 e. The topological polar surface area (TPSA) is 91.0 Å². The summed E-state index contributed by atoms with van der Waals surface area (Å²) in [6.07, 6.45) is 2.63. The van der Waals surface area contributed by atoms with Crippen molar-refractivity contribution in [3.63, 3.8) is 0 Å². The number of amides is 1. The van der Waals surface area contributed by atoms with E-state index in [-0.39, 0.29) is 29.3 Å². The summed E-state index contributed by atoms with van der Waals surface area (Å²) in [6.45, 7) is 3.42. The van der Waals surface area contributed by atoms with Gasteiger partial charge >= 0.3 is 0 Å². The van der Waals surface area contributed by atoms with E-state index in [1.165, 1.54) is 6.92 Å². The number of hydrogen-bond acceptors (Lipinski definition) is 5. The molecule has 1 amide bonds. The lowest BCUT2D eigenvalue weighted by Gasteiger charge is -2.47. The van der Waals surface area contributed by atoms with Crippen LogP contribution in [0.5, 0.6) is 0 Å². The van der Waals surface area contributed by atoms with Crippen LogP contribution in [0.3, 0.4) is 0 Å². The third kappa shape index (κ3) is 3.19. The van der Waals surface area contributed by atoms with Crippen molar-refractivity contribution in [2.75, 3.05) is 24.5 Å². The summed E-state index contributed by atoms with van der Waals surface area (Å²) in [4.78, 5) is 30.7. The number of rotatable bonds is 3. The zero-order valence-corrected chi connectivity index (χ0v) is 15.1. The highest BCUT2D eigenvalue weighted by Gasteiger charge is 2.40. The maximum atomic E-state index is 12.6. The average Bonchev–Trinajstić information content (AvgIpc) is 2.68. The zero-order valence-electron chi connectivity index (χ0n) is 15.1. The van der Waals surface area contributed by atoms with E-state index in [4.69, 9.17) is 0 Å². The molecule has 0 aromatic carbocycles. The lowest BCUT2D eigenvalue weighted by molar-refractivity contribution is -0.119. The quantitative estimate of drug-likeness (QED) is 0.890. The van der Waals surface area contributed by atoms with Crippen LogP contribution < -0.4 is 15.8 Å². The Morgan fingerprint density at radius 3 is 3.00 bits per heavy atom. The second kappa shape index (κ2) is 6.88. The minimum Gasteiger partial charge on any atom is -0.356 e. The van der Waals surface area contributed by atoms with E-state index in [2.05, 4.69) is 21.3 Å². The molecule has 2 aliphatic rings. The van der Waals surface area contributed by atoms with Gasteiger partial charge in [0.15, 0.2) is 0 Å². The summed E-state index contributed by atoms with van der Waals surface area (Å²) in [7, 11) is 0. The van der Waals surface area contributed by atoms with Crippen molar-refractivity contribution in [1.82, 2.24) is 14.9 Å². The van der Waals surface area contributed by atoms with Gasteiger partial charge in [0.1, 0.15) is 5.82 Å². The van der Waals surface area contributed by atoms with Crippen molar-refractivity contribution in [2.45, 2.75) is 25.3 Å². The van der Waals surface area contributed by atoms with Crippen LogP contribution >= 0.6 is 0 Å². The average molecular weight is 363 g/mol. The van der Waals surface area contributed by atoms with E-state index in [1.807, 2.05) is 16.7 Å². The number of fused-ring (bicyclic) bond motifs is 4. The van der Waals surface area contributed by atoms with Gasteiger partial charge in [0.05, 0.1) is 17.7 Å². The Kier molecular flexibility index (Phi) is 4.40. The number of nitrogens with one attached hydrogen (secondary N) is 1. The lowest BCUT2D eigenvalue weighted by atomic mass is 9.78. The van der Waals surface area contributed by atoms with Gasteiger partial charge in [0, 0.05) is 50.4 Å². The Balaban J connectivity index is 1.71. The van der Waals surface area contributed by atoms with Gasteiger partial charge < -0.3 is 14.8 Å². The first-order valence-electron chi connectivity index (χ1n) is 9.14. The Hall–Kier alpha value is -3.14. The zero-order chi connectivity index (χ0) is 19.0. The van der Waals surface area contributed by atoms with Crippen molar-refractivity contribution in [3.8, 4) is 6.07 Å². The third-order valence-corrected chi connectivity index (χ3v) is 5.56. The van der Waals surface area contributed by atoms with Crippen LogP contribution in [-0.2, 0) is 4.79 Å². The molecule has 1 N–H and O–H groups in total. The van der Waals surface area contributed by atoms with Crippen molar-refractivity contribution in [3.05, 3.63) is 58.1 Å². The number of aromatic nitrogens is 2. The minimum absolute atomic E-state index is 0.0180. The van der Waals surface area contributed by atoms with Gasteiger partial charge in [-0.1, -0.05) is 6.07 Å². The molecule has 3 atom stereocenters. The van der Waals surface area contributed by atoms with Gasteiger partial charge in [-0.3, -0.25) is 9.59 Å². The largest absolute Gasteiger partial charge is 0.356 e. The van der Waals surface area contributed by atoms with Gasteiger partial charge in [0.25, 0.3) is 5.56 Å². The first kappa shape index (κ1) is 17.3. The van der Waals surface area contributed by atoms with Gasteiger partial charge in [0.2, 0.25) is 5.91 Å². The molecule has 7 nitrogen and oxygen atoms in total. The second-order valence-electron chi connectivity index (χ2n) is 7.28. The van der Waals surface area contributed by atoms with Gasteiger partial charge in [-0.2, -0.15) is 5.26 Å². The Labute approximate surface area is 157 Å². The first-order valence-corrected chi connectivity index (χ1v) is 9.14. The molecule has 2 bridgehead atoms. The van der Waals surface area contributed by atoms with E-state index < -0.39 is 0 Å². The molecule has 7 heteroatoms. The molecule has 0 aliphatic carbocycles. The maximum absolute atomic E-state index is 12.6. The molecule has 1 fully saturated rings. The van der Waals surface area contributed by atoms with Crippen molar-refractivity contribution < 1.29 is 4.79 Å². The summed E-state index contributed by atoms with van der Waals surface area (Å²) in [5.74, 6) is 1.13. The van der Waals surface area contributed by atoms with Gasteiger partial charge in [-0.25, -0.2) is 4.98 Å². The fourth-order valence-electron chi connectivity index (χ4n) is 4.40. The number of nitriles is 1. The monoisotopic (exact) mass is 363 g/mol. The number of hydrogen-bond donors (Lipinski definition) is 1. The second-order valence-corrected chi connectivity index (χ2v) is 7.28. The Bertz CT molecular complexity index is 977. The number of carbonyl (C=O) groups excluding carboxylic acids is 1. The molecule has 1 saturated heterocycles. The van der Waals surface area contributed by atoms with Gasteiger partial charge in [-0.05, 0) is 30.5 Å². The number of piperidine rings is 1. The molecule has 0 radical (unpaired) electrons. The highest BCUT2D eigenvalue weighted by atomic mass is 16.1. The fourth-order valence-corrected chi connectivity index (χ4v) is 4.40. The predicted molar refractivity (Wildman–Crippen MR) is 100 cm³/mol.